The van der Waals surface area contributed by atoms with Gasteiger partial charge in [0, 0.05) is 17.3 Å². The number of hydrogen-bond acceptors (Lipinski definition) is 2. The van der Waals surface area contributed by atoms with Crippen molar-refractivity contribution < 1.29 is 4.79 Å². The van der Waals surface area contributed by atoms with Crippen LogP contribution in [0.4, 0.5) is 5.69 Å². The van der Waals surface area contributed by atoms with Crippen molar-refractivity contribution in [2.75, 3.05) is 5.73 Å². The maximum atomic E-state index is 11.9. The van der Waals surface area contributed by atoms with Crippen LogP contribution in [-0.2, 0) is 0 Å². The molecule has 3 nitrogen and oxygen atoms in total. The minimum Gasteiger partial charge on any atom is -0.399 e. The number of carbonyl (C=O) groups excluding carboxylic acids is 1. The highest BCUT2D eigenvalue weighted by atomic mass is 16.1. The number of benzene rings is 1. The Morgan fingerprint density at radius 2 is 2.12 bits per heavy atom. The van der Waals surface area contributed by atoms with E-state index >= 15 is 0 Å². The molecule has 0 saturated carbocycles. The minimum atomic E-state index is -0.0450. The fourth-order valence-electron chi connectivity index (χ4n) is 1.76. The molecule has 16 heavy (non-hydrogen) atoms. The highest BCUT2D eigenvalue weighted by Crippen LogP contribution is 2.11. The summed E-state index contributed by atoms with van der Waals surface area (Å²) >= 11 is 0. The third-order valence-electron chi connectivity index (χ3n) is 2.46. The van der Waals surface area contributed by atoms with Gasteiger partial charge in [-0.25, -0.2) is 0 Å². The van der Waals surface area contributed by atoms with Crippen LogP contribution in [0, 0.1) is 6.92 Å². The molecule has 88 valence electrons. The molecule has 1 unspecified atom stereocenters. The summed E-state index contributed by atoms with van der Waals surface area (Å²) in [6, 6.07) is 5.62. The number of hydrogen-bond donors (Lipinski definition) is 2. The molecule has 0 fully saturated rings. The van der Waals surface area contributed by atoms with E-state index in [-0.39, 0.29) is 11.9 Å². The van der Waals surface area contributed by atoms with E-state index < -0.39 is 0 Å². The number of rotatable bonds is 4. The van der Waals surface area contributed by atoms with Gasteiger partial charge in [0.15, 0.2) is 0 Å². The SMILES string of the molecule is CCCC(C)NC(=O)c1cc(C)cc(N)c1. The van der Waals surface area contributed by atoms with E-state index in [2.05, 4.69) is 12.2 Å². The van der Waals surface area contributed by atoms with Gasteiger partial charge < -0.3 is 11.1 Å². The van der Waals surface area contributed by atoms with Gasteiger partial charge in [-0.2, -0.15) is 0 Å². The Hall–Kier alpha value is -1.51. The number of amides is 1. The Morgan fingerprint density at radius 3 is 2.69 bits per heavy atom. The van der Waals surface area contributed by atoms with Crippen LogP contribution >= 0.6 is 0 Å². The van der Waals surface area contributed by atoms with Crippen LogP contribution in [0.25, 0.3) is 0 Å². The smallest absolute Gasteiger partial charge is 0.251 e. The summed E-state index contributed by atoms with van der Waals surface area (Å²) in [7, 11) is 0. The van der Waals surface area contributed by atoms with Gasteiger partial charge in [0.2, 0.25) is 0 Å². The fourth-order valence-corrected chi connectivity index (χ4v) is 1.76. The van der Waals surface area contributed by atoms with Crippen molar-refractivity contribution in [1.29, 1.82) is 0 Å². The molecule has 0 aliphatic rings. The van der Waals surface area contributed by atoms with Crippen LogP contribution in [-0.4, -0.2) is 11.9 Å². The average molecular weight is 220 g/mol. The first kappa shape index (κ1) is 12.6. The third-order valence-corrected chi connectivity index (χ3v) is 2.46. The number of nitrogens with one attached hydrogen (secondary N) is 1. The van der Waals surface area contributed by atoms with Gasteiger partial charge >= 0.3 is 0 Å². The third kappa shape index (κ3) is 3.57. The van der Waals surface area contributed by atoms with E-state index in [4.69, 9.17) is 5.73 Å². The van der Waals surface area contributed by atoms with Crippen molar-refractivity contribution in [2.45, 2.75) is 39.7 Å². The molecule has 1 aromatic carbocycles. The van der Waals surface area contributed by atoms with Gasteiger partial charge in [0.05, 0.1) is 0 Å². The number of nitrogens with two attached hydrogens (primary N) is 1. The maximum absolute atomic E-state index is 11.9. The summed E-state index contributed by atoms with van der Waals surface area (Å²) in [4.78, 5) is 11.9. The lowest BCUT2D eigenvalue weighted by Crippen LogP contribution is -2.32. The predicted octanol–water partition coefficient (Wildman–Crippen LogP) is 2.50. The molecule has 0 bridgehead atoms. The van der Waals surface area contributed by atoms with Crippen LogP contribution in [0.2, 0.25) is 0 Å². The summed E-state index contributed by atoms with van der Waals surface area (Å²) < 4.78 is 0. The largest absolute Gasteiger partial charge is 0.399 e. The first-order valence-electron chi connectivity index (χ1n) is 5.71. The monoisotopic (exact) mass is 220 g/mol. The molecular weight excluding hydrogens is 200 g/mol. The number of nitrogen functional groups attached to an aromatic ring is 1. The van der Waals surface area contributed by atoms with Crippen molar-refractivity contribution in [3.05, 3.63) is 29.3 Å². The van der Waals surface area contributed by atoms with Crippen LogP contribution in [0.5, 0.6) is 0 Å². The summed E-state index contributed by atoms with van der Waals surface area (Å²) in [5, 5.41) is 2.96. The summed E-state index contributed by atoms with van der Waals surface area (Å²) in [6.07, 6.45) is 2.06. The average Bonchev–Trinajstić information content (AvgIpc) is 2.16. The maximum Gasteiger partial charge on any atom is 0.251 e. The number of anilines is 1. The van der Waals surface area contributed by atoms with Crippen molar-refractivity contribution in [3.63, 3.8) is 0 Å². The van der Waals surface area contributed by atoms with Gasteiger partial charge in [0.1, 0.15) is 0 Å². The van der Waals surface area contributed by atoms with Gasteiger partial charge in [-0.05, 0) is 44.0 Å². The van der Waals surface area contributed by atoms with Crippen LogP contribution in [0.15, 0.2) is 18.2 Å². The second kappa shape index (κ2) is 5.54. The van der Waals surface area contributed by atoms with Crippen LogP contribution in [0.3, 0.4) is 0 Å². The molecule has 0 aliphatic heterocycles. The van der Waals surface area contributed by atoms with E-state index in [1.54, 1.807) is 6.07 Å². The van der Waals surface area contributed by atoms with Gasteiger partial charge in [0.25, 0.3) is 5.91 Å². The quantitative estimate of drug-likeness (QED) is 0.766. The highest BCUT2D eigenvalue weighted by molar-refractivity contribution is 5.95. The Bertz CT molecular complexity index is 354. The van der Waals surface area contributed by atoms with E-state index in [9.17, 15) is 4.79 Å². The lowest BCUT2D eigenvalue weighted by Gasteiger charge is -2.13. The van der Waals surface area contributed by atoms with Crippen LogP contribution in [0.1, 0.15) is 42.6 Å². The molecule has 0 aliphatic carbocycles. The van der Waals surface area contributed by atoms with Gasteiger partial charge in [-0.1, -0.05) is 13.3 Å². The zero-order valence-electron chi connectivity index (χ0n) is 10.2. The second-order valence-corrected chi connectivity index (χ2v) is 4.30. The Kier molecular flexibility index (Phi) is 4.35. The predicted molar refractivity (Wildman–Crippen MR) is 67.4 cm³/mol. The van der Waals surface area contributed by atoms with E-state index in [1.807, 2.05) is 26.0 Å². The molecule has 1 atom stereocenters. The standard InChI is InChI=1S/C13H20N2O/c1-4-5-10(3)15-13(16)11-6-9(2)7-12(14)8-11/h6-8,10H,4-5,14H2,1-3H3,(H,15,16). The zero-order chi connectivity index (χ0) is 12.1. The summed E-state index contributed by atoms with van der Waals surface area (Å²) in [5.74, 6) is -0.0450. The Morgan fingerprint density at radius 1 is 1.44 bits per heavy atom. The van der Waals surface area contributed by atoms with E-state index in [0.717, 1.165) is 18.4 Å². The topological polar surface area (TPSA) is 55.1 Å². The molecular formula is C13H20N2O. The molecule has 0 saturated heterocycles. The van der Waals surface area contributed by atoms with E-state index in [1.165, 1.54) is 0 Å². The first-order valence-corrected chi connectivity index (χ1v) is 5.71. The molecule has 3 heteroatoms. The summed E-state index contributed by atoms with van der Waals surface area (Å²) in [6.45, 7) is 6.05. The molecule has 1 rings (SSSR count). The molecule has 0 aromatic heterocycles. The normalized spacial score (nSPS) is 12.2. The molecule has 1 aromatic rings. The molecule has 0 radical (unpaired) electrons. The van der Waals surface area contributed by atoms with Gasteiger partial charge in [-0.15, -0.1) is 0 Å². The number of aryl methyl sites for hydroxylation is 1. The Balaban J connectivity index is 2.72. The molecule has 1 amide bonds. The van der Waals surface area contributed by atoms with Gasteiger partial charge in [-0.3, -0.25) is 4.79 Å². The molecule has 0 heterocycles. The molecule has 0 spiro atoms. The van der Waals surface area contributed by atoms with Crippen molar-refractivity contribution >= 4 is 11.6 Å². The lowest BCUT2D eigenvalue weighted by molar-refractivity contribution is 0.0938. The van der Waals surface area contributed by atoms with Crippen LogP contribution < -0.4 is 11.1 Å². The lowest BCUT2D eigenvalue weighted by atomic mass is 10.1. The Labute approximate surface area is 97.0 Å². The molecule has 3 N–H and O–H groups in total. The fraction of sp³-hybridized carbons (Fsp3) is 0.462. The summed E-state index contributed by atoms with van der Waals surface area (Å²) in [5.41, 5.74) is 7.99. The second-order valence-electron chi connectivity index (χ2n) is 4.30. The van der Waals surface area contributed by atoms with Crippen molar-refractivity contribution in [1.82, 2.24) is 5.32 Å². The van der Waals surface area contributed by atoms with E-state index in [0.29, 0.717) is 11.3 Å². The zero-order valence-corrected chi connectivity index (χ0v) is 10.2. The minimum absolute atomic E-state index is 0.0450. The first-order chi connectivity index (χ1) is 7.52. The van der Waals surface area contributed by atoms with Crippen molar-refractivity contribution in [2.24, 2.45) is 0 Å². The van der Waals surface area contributed by atoms with Crippen molar-refractivity contribution in [3.8, 4) is 0 Å². The number of carbonyl (C=O) groups is 1. The highest BCUT2D eigenvalue weighted by Gasteiger charge is 2.09.